The quantitative estimate of drug-likeness (QED) is 0.306. The lowest BCUT2D eigenvalue weighted by Gasteiger charge is -2.17. The number of benzene rings is 2. The second-order valence-electron chi connectivity index (χ2n) is 9.56. The summed E-state index contributed by atoms with van der Waals surface area (Å²) in [5, 5.41) is 4.36. The maximum Gasteiger partial charge on any atom is 0.274 e. The van der Waals surface area contributed by atoms with Gasteiger partial charge in [0, 0.05) is 17.0 Å². The molecule has 1 saturated carbocycles. The van der Waals surface area contributed by atoms with E-state index in [1.807, 2.05) is 16.8 Å². The lowest BCUT2D eigenvalue weighted by molar-refractivity contribution is 0.324. The SMILES string of the molecule is COc1cc(-c2c3oc4cc(=O)ccc4c3[nH]c3c2c(=O)[nH]n3C2CCCCCC2)cc(OC)c1OC. The van der Waals surface area contributed by atoms with E-state index in [9.17, 15) is 9.59 Å². The number of H-pyrrole nitrogens is 2. The van der Waals surface area contributed by atoms with Crippen molar-refractivity contribution in [3.63, 3.8) is 0 Å². The van der Waals surface area contributed by atoms with Crippen molar-refractivity contribution in [2.75, 3.05) is 21.3 Å². The van der Waals surface area contributed by atoms with Crippen molar-refractivity contribution in [2.24, 2.45) is 0 Å². The predicted octanol–water partition coefficient (Wildman–Crippen LogP) is 5.51. The van der Waals surface area contributed by atoms with Gasteiger partial charge in [-0.2, -0.15) is 0 Å². The van der Waals surface area contributed by atoms with Crippen LogP contribution in [0.4, 0.5) is 0 Å². The van der Waals surface area contributed by atoms with Crippen LogP contribution in [0.25, 0.3) is 44.2 Å². The van der Waals surface area contributed by atoms with Gasteiger partial charge >= 0.3 is 0 Å². The average Bonchev–Trinajstić information content (AvgIpc) is 3.28. The summed E-state index contributed by atoms with van der Waals surface area (Å²) in [4.78, 5) is 29.2. The van der Waals surface area contributed by atoms with Gasteiger partial charge < -0.3 is 23.6 Å². The van der Waals surface area contributed by atoms with Crippen molar-refractivity contribution in [1.29, 1.82) is 0 Å². The average molecular weight is 504 g/mol. The van der Waals surface area contributed by atoms with E-state index in [0.29, 0.717) is 56.1 Å². The molecule has 6 rings (SSSR count). The van der Waals surface area contributed by atoms with Gasteiger partial charge in [0.15, 0.2) is 22.5 Å². The van der Waals surface area contributed by atoms with E-state index < -0.39 is 0 Å². The molecule has 2 N–H and O–H groups in total. The number of nitrogens with one attached hydrogen (secondary N) is 2. The first-order chi connectivity index (χ1) is 18.0. The molecule has 0 atom stereocenters. The molecule has 0 radical (unpaired) electrons. The number of fused-ring (bicyclic) bond motifs is 4. The minimum Gasteiger partial charge on any atom is -0.493 e. The molecule has 3 aromatic heterocycles. The zero-order valence-corrected chi connectivity index (χ0v) is 21.1. The Balaban J connectivity index is 1.75. The molecule has 9 nitrogen and oxygen atoms in total. The number of pyridine rings is 1. The number of aromatic nitrogens is 3. The number of methoxy groups -OCH3 is 3. The summed E-state index contributed by atoms with van der Waals surface area (Å²) in [5.41, 5.74) is 3.25. The van der Waals surface area contributed by atoms with Gasteiger partial charge in [0.2, 0.25) is 5.75 Å². The summed E-state index contributed by atoms with van der Waals surface area (Å²) in [5.74, 6) is 1.38. The molecule has 3 heterocycles. The zero-order chi connectivity index (χ0) is 25.7. The molecular weight excluding hydrogens is 474 g/mol. The number of nitrogens with zero attached hydrogens (tertiary/aromatic N) is 1. The van der Waals surface area contributed by atoms with Crippen LogP contribution in [0.5, 0.6) is 17.2 Å². The van der Waals surface area contributed by atoms with Gasteiger partial charge in [0.1, 0.15) is 11.2 Å². The van der Waals surface area contributed by atoms with Crippen LogP contribution in [0.3, 0.4) is 0 Å². The molecule has 0 spiro atoms. The van der Waals surface area contributed by atoms with Crippen LogP contribution in [-0.2, 0) is 0 Å². The zero-order valence-electron chi connectivity index (χ0n) is 21.1. The Hall–Kier alpha value is -4.14. The third-order valence-corrected chi connectivity index (χ3v) is 7.45. The molecule has 37 heavy (non-hydrogen) atoms. The molecule has 9 heteroatoms. The smallest absolute Gasteiger partial charge is 0.274 e. The van der Waals surface area contributed by atoms with Crippen LogP contribution < -0.4 is 25.2 Å². The summed E-state index contributed by atoms with van der Waals surface area (Å²) in [7, 11) is 4.65. The minimum absolute atomic E-state index is 0.147. The Morgan fingerprint density at radius 2 is 1.62 bits per heavy atom. The Morgan fingerprint density at radius 3 is 2.27 bits per heavy atom. The summed E-state index contributed by atoms with van der Waals surface area (Å²) in [6, 6.07) is 8.54. The fourth-order valence-corrected chi connectivity index (χ4v) is 5.70. The molecule has 2 aromatic carbocycles. The van der Waals surface area contributed by atoms with Gasteiger partial charge in [0.05, 0.1) is 38.3 Å². The van der Waals surface area contributed by atoms with Gasteiger partial charge in [-0.3, -0.25) is 19.4 Å². The van der Waals surface area contributed by atoms with Crippen molar-refractivity contribution in [3.8, 4) is 28.4 Å². The predicted molar refractivity (Wildman–Crippen MR) is 142 cm³/mol. The van der Waals surface area contributed by atoms with Crippen LogP contribution in [0.1, 0.15) is 44.6 Å². The van der Waals surface area contributed by atoms with Crippen molar-refractivity contribution < 1.29 is 18.6 Å². The summed E-state index contributed by atoms with van der Waals surface area (Å²) < 4.78 is 25.0. The number of hydrogen-bond donors (Lipinski definition) is 2. The van der Waals surface area contributed by atoms with E-state index in [2.05, 4.69) is 10.1 Å². The molecule has 1 aliphatic rings. The third-order valence-electron chi connectivity index (χ3n) is 7.45. The van der Waals surface area contributed by atoms with Crippen molar-refractivity contribution in [2.45, 2.75) is 44.6 Å². The van der Waals surface area contributed by atoms with Crippen LogP contribution in [0.15, 0.2) is 44.3 Å². The first-order valence-electron chi connectivity index (χ1n) is 12.6. The van der Waals surface area contributed by atoms with Crippen LogP contribution >= 0.6 is 0 Å². The molecule has 1 aliphatic carbocycles. The second-order valence-corrected chi connectivity index (χ2v) is 9.56. The van der Waals surface area contributed by atoms with Gasteiger partial charge in [-0.25, -0.2) is 0 Å². The fraction of sp³-hybridized carbons (Fsp3) is 0.357. The number of aromatic amines is 2. The van der Waals surface area contributed by atoms with Gasteiger partial charge in [0.25, 0.3) is 5.56 Å². The lowest BCUT2D eigenvalue weighted by atomic mass is 10.0. The maximum absolute atomic E-state index is 13.6. The summed E-state index contributed by atoms with van der Waals surface area (Å²) in [6.07, 6.45) is 6.64. The maximum atomic E-state index is 13.6. The summed E-state index contributed by atoms with van der Waals surface area (Å²) in [6.45, 7) is 0. The van der Waals surface area contributed by atoms with Crippen LogP contribution in [0, 0.1) is 0 Å². The first kappa shape index (κ1) is 23.3. The Bertz CT molecular complexity index is 1720. The Kier molecular flexibility index (Phi) is 5.70. The van der Waals surface area contributed by atoms with Crippen molar-refractivity contribution >= 4 is 33.1 Å². The summed E-state index contributed by atoms with van der Waals surface area (Å²) >= 11 is 0. The van der Waals surface area contributed by atoms with E-state index in [4.69, 9.17) is 18.6 Å². The monoisotopic (exact) mass is 503 g/mol. The van der Waals surface area contributed by atoms with E-state index in [1.54, 1.807) is 27.4 Å². The number of hydrogen-bond acceptors (Lipinski definition) is 6. The molecule has 0 unspecified atom stereocenters. The topological polar surface area (TPSA) is 111 Å². The van der Waals surface area contributed by atoms with Gasteiger partial charge in [-0.1, -0.05) is 25.7 Å². The third kappa shape index (κ3) is 3.68. The standard InChI is InChI=1S/C28H29N3O6/c1-34-20-12-15(13-21(35-2)25(20)36-3)22-23-27(31(30-28(23)33)16-8-6-4-5-7-9-16)29-24-18-11-10-17(32)14-19(18)37-26(22)24/h10-14,16,29H,4-9H2,1-3H3,(H,30,33). The number of furan rings is 1. The van der Waals surface area contributed by atoms with E-state index >= 15 is 0 Å². The lowest BCUT2D eigenvalue weighted by Crippen LogP contribution is -2.13. The highest BCUT2D eigenvalue weighted by molar-refractivity contribution is 6.14. The highest BCUT2D eigenvalue weighted by Crippen LogP contribution is 2.45. The molecular formula is C28H29N3O6. The van der Waals surface area contributed by atoms with E-state index in [-0.39, 0.29) is 17.0 Å². The largest absolute Gasteiger partial charge is 0.493 e. The Morgan fingerprint density at radius 1 is 0.919 bits per heavy atom. The molecule has 0 bridgehead atoms. The Labute approximate surface area is 211 Å². The van der Waals surface area contributed by atoms with E-state index in [0.717, 1.165) is 31.1 Å². The molecule has 5 aromatic rings. The molecule has 0 aliphatic heterocycles. The van der Waals surface area contributed by atoms with E-state index in [1.165, 1.54) is 25.0 Å². The number of ether oxygens (including phenoxy) is 3. The molecule has 0 saturated heterocycles. The van der Waals surface area contributed by atoms with Crippen LogP contribution in [-0.4, -0.2) is 36.1 Å². The van der Waals surface area contributed by atoms with Crippen molar-refractivity contribution in [1.82, 2.24) is 14.8 Å². The normalized spacial score (nSPS) is 14.9. The van der Waals surface area contributed by atoms with Crippen molar-refractivity contribution in [3.05, 3.63) is 50.9 Å². The fourth-order valence-electron chi connectivity index (χ4n) is 5.70. The highest BCUT2D eigenvalue weighted by atomic mass is 16.5. The minimum atomic E-state index is -0.217. The molecule has 0 amide bonds. The second kappa shape index (κ2) is 9.06. The molecule has 192 valence electrons. The van der Waals surface area contributed by atoms with Gasteiger partial charge in [-0.15, -0.1) is 0 Å². The van der Waals surface area contributed by atoms with Gasteiger partial charge in [-0.05, 0) is 42.7 Å². The highest BCUT2D eigenvalue weighted by Gasteiger charge is 2.26. The first-order valence-corrected chi connectivity index (χ1v) is 12.6. The molecule has 1 fully saturated rings. The number of rotatable bonds is 5. The van der Waals surface area contributed by atoms with Crippen LogP contribution in [0.2, 0.25) is 0 Å².